The van der Waals surface area contributed by atoms with E-state index in [1.807, 2.05) is 6.92 Å². The third kappa shape index (κ3) is 14.6. The van der Waals surface area contributed by atoms with Gasteiger partial charge in [0.05, 0.1) is 6.61 Å². The number of carbonyl (C=O) groups is 1. The maximum Gasteiger partial charge on any atom is 0.306 e. The Morgan fingerprint density at radius 1 is 0.543 bits per heavy atom. The van der Waals surface area contributed by atoms with Crippen molar-refractivity contribution in [3.05, 3.63) is 78.4 Å². The van der Waals surface area contributed by atoms with Crippen LogP contribution in [0, 0.1) is 0 Å². The van der Waals surface area contributed by atoms with Crippen molar-refractivity contribution in [3.8, 4) is 28.0 Å². The summed E-state index contributed by atoms with van der Waals surface area (Å²) in [5, 5.41) is 0. The smallest absolute Gasteiger partial charge is 0.306 e. The lowest BCUT2D eigenvalue weighted by molar-refractivity contribution is -0.148. The van der Waals surface area contributed by atoms with Crippen molar-refractivity contribution in [1.82, 2.24) is 0 Å². The van der Waals surface area contributed by atoms with E-state index in [4.69, 9.17) is 9.47 Å². The fourth-order valence-electron chi connectivity index (χ4n) is 6.16. The zero-order valence-electron chi connectivity index (χ0n) is 29.4. The van der Waals surface area contributed by atoms with Crippen molar-refractivity contribution in [2.45, 2.75) is 149 Å². The number of hydrogen-bond acceptors (Lipinski definition) is 3. The molecule has 0 radical (unpaired) electrons. The first-order valence-electron chi connectivity index (χ1n) is 18.7. The Labute approximate surface area is 281 Å². The van der Waals surface area contributed by atoms with Gasteiger partial charge in [0.25, 0.3) is 0 Å². The summed E-state index contributed by atoms with van der Waals surface area (Å²) in [6.07, 6.45) is 23.6. The van der Waals surface area contributed by atoms with Crippen LogP contribution in [0.3, 0.4) is 0 Å². The number of carbonyl (C=O) groups excluding carboxylic acids is 1. The van der Waals surface area contributed by atoms with Crippen molar-refractivity contribution in [1.29, 1.82) is 0 Å². The highest BCUT2D eigenvalue weighted by Crippen LogP contribution is 2.34. The number of esters is 1. The van der Waals surface area contributed by atoms with Gasteiger partial charge in [-0.2, -0.15) is 0 Å². The second-order valence-corrected chi connectivity index (χ2v) is 13.1. The quantitative estimate of drug-likeness (QED) is 0.0693. The monoisotopic (exact) mass is 626 g/mol. The van der Waals surface area contributed by atoms with E-state index in [1.165, 1.54) is 113 Å². The van der Waals surface area contributed by atoms with Crippen LogP contribution < -0.4 is 4.74 Å². The van der Waals surface area contributed by atoms with Crippen LogP contribution in [-0.4, -0.2) is 12.6 Å². The maximum absolute atomic E-state index is 12.3. The molecule has 0 fully saturated rings. The van der Waals surface area contributed by atoms with Gasteiger partial charge in [0, 0.05) is 6.42 Å². The van der Waals surface area contributed by atoms with E-state index in [1.54, 1.807) is 0 Å². The molecule has 0 aromatic heterocycles. The third-order valence-corrected chi connectivity index (χ3v) is 9.09. The minimum atomic E-state index is -0.250. The van der Waals surface area contributed by atoms with Gasteiger partial charge in [-0.05, 0) is 59.7 Å². The first-order valence-corrected chi connectivity index (χ1v) is 18.7. The molecule has 0 N–H and O–H groups in total. The van der Waals surface area contributed by atoms with Crippen LogP contribution in [0.2, 0.25) is 0 Å². The molecular formula is C43H62O3. The van der Waals surface area contributed by atoms with E-state index < -0.39 is 0 Å². The molecule has 3 aromatic rings. The molecule has 1 atom stereocenters. The Kier molecular flexibility index (Phi) is 18.9. The van der Waals surface area contributed by atoms with Gasteiger partial charge in [-0.1, -0.05) is 177 Å². The van der Waals surface area contributed by atoms with E-state index in [2.05, 4.69) is 86.6 Å². The van der Waals surface area contributed by atoms with Crippen molar-refractivity contribution < 1.29 is 14.3 Å². The average molecular weight is 627 g/mol. The first kappa shape index (κ1) is 37.4. The summed E-state index contributed by atoms with van der Waals surface area (Å²) in [7, 11) is 0. The number of rotatable bonds is 25. The van der Waals surface area contributed by atoms with Crippen LogP contribution in [0.5, 0.6) is 5.75 Å². The molecule has 0 spiro atoms. The maximum atomic E-state index is 12.3. The number of ether oxygens (including phenoxy) is 2. The molecule has 252 valence electrons. The summed E-state index contributed by atoms with van der Waals surface area (Å²) in [6, 6.07) is 25.5. The van der Waals surface area contributed by atoms with Gasteiger partial charge in [-0.25, -0.2) is 0 Å². The van der Waals surface area contributed by atoms with Gasteiger partial charge < -0.3 is 9.47 Å². The van der Waals surface area contributed by atoms with Crippen LogP contribution >= 0.6 is 0 Å². The largest absolute Gasteiger partial charge is 0.494 e. The normalized spacial score (nSPS) is 11.8. The molecule has 0 saturated carbocycles. The molecule has 0 aliphatic heterocycles. The number of unbranched alkanes of at least 4 members (excludes halogenated alkanes) is 16. The van der Waals surface area contributed by atoms with Crippen LogP contribution in [0.15, 0.2) is 72.8 Å². The molecule has 0 heterocycles. The topological polar surface area (TPSA) is 35.5 Å². The first-order chi connectivity index (χ1) is 22.6. The van der Waals surface area contributed by atoms with Gasteiger partial charge in [0.2, 0.25) is 0 Å². The number of hydrogen-bond donors (Lipinski definition) is 0. The predicted molar refractivity (Wildman–Crippen MR) is 196 cm³/mol. The molecule has 0 bridgehead atoms. The van der Waals surface area contributed by atoms with Crippen LogP contribution in [0.1, 0.15) is 154 Å². The average Bonchev–Trinajstić information content (AvgIpc) is 3.08. The summed E-state index contributed by atoms with van der Waals surface area (Å²) in [5.74, 6) is 0.837. The molecule has 1 unspecified atom stereocenters. The molecule has 0 saturated heterocycles. The zero-order chi connectivity index (χ0) is 32.7. The van der Waals surface area contributed by atoms with Gasteiger partial charge >= 0.3 is 5.97 Å². The summed E-state index contributed by atoms with van der Waals surface area (Å²) in [4.78, 5) is 12.3. The lowest BCUT2D eigenvalue weighted by Gasteiger charge is -2.15. The highest BCUT2D eigenvalue weighted by atomic mass is 16.5. The molecule has 3 heteroatoms. The standard InChI is InChI=1S/C43H62O3/c1-4-6-8-10-11-12-13-14-15-16-17-19-23-35-45-40-33-31-39(32-34-40)42-25-22-21-24-41(42)38-29-27-37(28-30-38)36(3)46-43(44)26-20-18-9-7-5-2/h21-22,24-25,27-34,36H,4-20,23,26,35H2,1-3H3. The highest BCUT2D eigenvalue weighted by Gasteiger charge is 2.13. The van der Waals surface area contributed by atoms with E-state index in [9.17, 15) is 4.79 Å². The highest BCUT2D eigenvalue weighted by molar-refractivity contribution is 5.83. The number of benzene rings is 3. The minimum absolute atomic E-state index is 0.102. The lowest BCUT2D eigenvalue weighted by Crippen LogP contribution is -2.08. The van der Waals surface area contributed by atoms with E-state index in [0.29, 0.717) is 6.42 Å². The summed E-state index contributed by atoms with van der Waals surface area (Å²) in [5.41, 5.74) is 5.73. The molecule has 0 aliphatic carbocycles. The Balaban J connectivity index is 1.38. The Morgan fingerprint density at radius 3 is 1.48 bits per heavy atom. The van der Waals surface area contributed by atoms with Gasteiger partial charge in [0.15, 0.2) is 0 Å². The SMILES string of the molecule is CCCCCCCCCCCCCCCOc1ccc(-c2ccccc2-c2ccc(C(C)OC(=O)CCCCCCC)cc2)cc1. The van der Waals surface area contributed by atoms with Crippen LogP contribution in [0.4, 0.5) is 0 Å². The molecule has 3 aromatic carbocycles. The molecule has 3 rings (SSSR count). The third-order valence-electron chi connectivity index (χ3n) is 9.09. The van der Waals surface area contributed by atoms with E-state index in [0.717, 1.165) is 42.7 Å². The van der Waals surface area contributed by atoms with Crippen molar-refractivity contribution in [2.24, 2.45) is 0 Å². The van der Waals surface area contributed by atoms with Crippen molar-refractivity contribution >= 4 is 5.97 Å². The van der Waals surface area contributed by atoms with Crippen LogP contribution in [-0.2, 0) is 9.53 Å². The van der Waals surface area contributed by atoms with Crippen molar-refractivity contribution in [2.75, 3.05) is 6.61 Å². The zero-order valence-corrected chi connectivity index (χ0v) is 29.4. The Hall–Kier alpha value is -3.07. The van der Waals surface area contributed by atoms with Crippen molar-refractivity contribution in [3.63, 3.8) is 0 Å². The van der Waals surface area contributed by atoms with E-state index >= 15 is 0 Å². The molecule has 46 heavy (non-hydrogen) atoms. The second-order valence-electron chi connectivity index (χ2n) is 13.1. The molecular weight excluding hydrogens is 564 g/mol. The van der Waals surface area contributed by atoms with Gasteiger partial charge in [0.1, 0.15) is 11.9 Å². The van der Waals surface area contributed by atoms with Gasteiger partial charge in [-0.3, -0.25) is 4.79 Å². The predicted octanol–water partition coefficient (Wildman–Crippen LogP) is 13.5. The summed E-state index contributed by atoms with van der Waals surface area (Å²) in [6.45, 7) is 7.23. The fourth-order valence-corrected chi connectivity index (χ4v) is 6.16. The summed E-state index contributed by atoms with van der Waals surface area (Å²) < 4.78 is 11.8. The Bertz CT molecular complexity index is 1200. The van der Waals surface area contributed by atoms with E-state index in [-0.39, 0.29) is 12.1 Å². The second kappa shape index (κ2) is 23.3. The van der Waals surface area contributed by atoms with Gasteiger partial charge in [-0.15, -0.1) is 0 Å². The molecule has 0 amide bonds. The molecule has 3 nitrogen and oxygen atoms in total. The minimum Gasteiger partial charge on any atom is -0.494 e. The summed E-state index contributed by atoms with van der Waals surface area (Å²) >= 11 is 0. The van der Waals surface area contributed by atoms with Crippen LogP contribution in [0.25, 0.3) is 22.3 Å². The Morgan fingerprint density at radius 2 is 0.978 bits per heavy atom. The fraction of sp³-hybridized carbons (Fsp3) is 0.558. The molecule has 0 aliphatic rings. The lowest BCUT2D eigenvalue weighted by atomic mass is 9.93.